The first-order chi connectivity index (χ1) is 12.0. The van der Waals surface area contributed by atoms with E-state index in [9.17, 15) is 13.2 Å². The van der Waals surface area contributed by atoms with Crippen LogP contribution < -0.4 is 10.3 Å². The Morgan fingerprint density at radius 3 is 2.48 bits per heavy atom. The molecule has 0 aromatic heterocycles. The minimum Gasteiger partial charge on any atom is -0.276 e. The van der Waals surface area contributed by atoms with E-state index in [0.717, 1.165) is 10.6 Å². The molecule has 6 nitrogen and oxygen atoms in total. The van der Waals surface area contributed by atoms with Crippen molar-refractivity contribution in [2.45, 2.75) is 10.9 Å². The summed E-state index contributed by atoms with van der Waals surface area (Å²) in [5.41, 5.74) is 3.15. The number of thioether (sulfide) groups is 1. The van der Waals surface area contributed by atoms with Crippen molar-refractivity contribution in [1.82, 2.24) is 10.3 Å². The van der Waals surface area contributed by atoms with Crippen molar-refractivity contribution in [2.75, 3.05) is 5.75 Å². The van der Waals surface area contributed by atoms with Crippen LogP contribution in [0.4, 0.5) is 0 Å². The Hall–Kier alpha value is -1.87. The van der Waals surface area contributed by atoms with Crippen LogP contribution in [0, 0.1) is 0 Å². The summed E-state index contributed by atoms with van der Waals surface area (Å²) in [6.45, 7) is 0. The summed E-state index contributed by atoms with van der Waals surface area (Å²) in [5, 5.41) is 1.19. The van der Waals surface area contributed by atoms with Gasteiger partial charge in [-0.3, -0.25) is 15.2 Å². The van der Waals surface area contributed by atoms with E-state index in [-0.39, 0.29) is 4.90 Å². The predicted molar refractivity (Wildman–Crippen MR) is 99.1 cm³/mol. The van der Waals surface area contributed by atoms with Crippen LogP contribution in [-0.2, 0) is 14.8 Å². The predicted octanol–water partition coefficient (Wildman–Crippen LogP) is 2.21. The highest BCUT2D eigenvalue weighted by Crippen LogP contribution is 2.23. The molecule has 1 atom stereocenters. The molecule has 2 N–H and O–H groups in total. The largest absolute Gasteiger partial charge is 0.276 e. The number of nitrogens with one attached hydrogen (secondary N) is 2. The lowest BCUT2D eigenvalue weighted by molar-refractivity contribution is -0.122. The number of rotatable bonds is 5. The van der Waals surface area contributed by atoms with Crippen LogP contribution >= 0.6 is 23.4 Å². The first-order valence-corrected chi connectivity index (χ1v) is 10.1. The van der Waals surface area contributed by atoms with Gasteiger partial charge in [0.05, 0.1) is 9.94 Å². The molecule has 3 rings (SSSR count). The molecule has 0 fully saturated rings. The zero-order valence-electron chi connectivity index (χ0n) is 12.8. The Morgan fingerprint density at radius 1 is 1.12 bits per heavy atom. The Kier molecular flexibility index (Phi) is 5.43. The molecule has 1 aliphatic rings. The molecule has 0 aliphatic carbocycles. The summed E-state index contributed by atoms with van der Waals surface area (Å²) in [7, 11) is -3.86. The fourth-order valence-corrected chi connectivity index (χ4v) is 4.14. The van der Waals surface area contributed by atoms with Gasteiger partial charge >= 0.3 is 0 Å². The fraction of sp³-hybridized carbons (Fsp3) is 0.125. The molecule has 1 amide bonds. The van der Waals surface area contributed by atoms with E-state index in [1.165, 1.54) is 36.0 Å². The Bertz CT molecular complexity index is 900. The second kappa shape index (κ2) is 7.57. The summed E-state index contributed by atoms with van der Waals surface area (Å²) in [6.07, 6.45) is 0. The van der Waals surface area contributed by atoms with Crippen molar-refractivity contribution in [3.63, 3.8) is 0 Å². The Labute approximate surface area is 154 Å². The van der Waals surface area contributed by atoms with Crippen LogP contribution in [0.2, 0.25) is 5.02 Å². The average Bonchev–Trinajstić information content (AvgIpc) is 3.11. The van der Waals surface area contributed by atoms with Crippen molar-refractivity contribution in [2.24, 2.45) is 4.99 Å². The molecule has 0 saturated heterocycles. The van der Waals surface area contributed by atoms with E-state index in [1.807, 2.05) is 30.3 Å². The molecule has 0 unspecified atom stereocenters. The normalized spacial score (nSPS) is 17.2. The molecule has 2 aromatic rings. The van der Waals surface area contributed by atoms with Gasteiger partial charge in [0.2, 0.25) is 0 Å². The highest BCUT2D eigenvalue weighted by atomic mass is 35.5. The van der Waals surface area contributed by atoms with E-state index >= 15 is 0 Å². The molecule has 9 heteroatoms. The van der Waals surface area contributed by atoms with E-state index in [4.69, 9.17) is 11.6 Å². The number of hydrazine groups is 1. The third-order valence-corrected chi connectivity index (χ3v) is 6.02. The van der Waals surface area contributed by atoms with E-state index in [0.29, 0.717) is 10.8 Å². The van der Waals surface area contributed by atoms with Crippen molar-refractivity contribution < 1.29 is 13.2 Å². The lowest BCUT2D eigenvalue weighted by atomic mass is 10.2. The van der Waals surface area contributed by atoms with Crippen molar-refractivity contribution in [3.8, 4) is 0 Å². The van der Waals surface area contributed by atoms with Gasteiger partial charge in [-0.15, -0.1) is 16.6 Å². The van der Waals surface area contributed by atoms with Gasteiger partial charge in [0.15, 0.2) is 0 Å². The number of nitrogens with zero attached hydrogens (tertiary/aromatic N) is 1. The summed E-state index contributed by atoms with van der Waals surface area (Å²) in [4.78, 5) is 18.6. The van der Waals surface area contributed by atoms with Gasteiger partial charge in [0, 0.05) is 16.3 Å². The van der Waals surface area contributed by atoms with Crippen LogP contribution in [-0.4, -0.2) is 31.2 Å². The van der Waals surface area contributed by atoms with Crippen molar-refractivity contribution in [3.05, 3.63) is 65.2 Å². The standard InChI is InChI=1S/C16H14ClN3O3S2/c17-12-6-8-13(9-7-12)25(22,23)20-19-15(21)14-10-24-16(18-14)11-4-2-1-3-5-11/h1-9,14,20H,10H2,(H,19,21)/t14-/m0/s1. The third-order valence-electron chi connectivity index (χ3n) is 3.41. The Morgan fingerprint density at radius 2 is 1.80 bits per heavy atom. The van der Waals surface area contributed by atoms with E-state index < -0.39 is 22.0 Å². The zero-order valence-corrected chi connectivity index (χ0v) is 15.2. The van der Waals surface area contributed by atoms with Gasteiger partial charge in [0.25, 0.3) is 15.9 Å². The molecule has 25 heavy (non-hydrogen) atoms. The molecule has 0 spiro atoms. The van der Waals surface area contributed by atoms with Crippen LogP contribution in [0.5, 0.6) is 0 Å². The van der Waals surface area contributed by atoms with Crippen molar-refractivity contribution in [1.29, 1.82) is 0 Å². The number of aliphatic imine (C=N–C) groups is 1. The topological polar surface area (TPSA) is 87.6 Å². The average molecular weight is 396 g/mol. The molecule has 0 bridgehead atoms. The zero-order chi connectivity index (χ0) is 17.9. The van der Waals surface area contributed by atoms with Crippen LogP contribution in [0.1, 0.15) is 5.56 Å². The minimum atomic E-state index is -3.86. The number of hydrogen-bond acceptors (Lipinski definition) is 5. The van der Waals surface area contributed by atoms with Gasteiger partial charge in [-0.25, -0.2) is 8.42 Å². The molecule has 0 radical (unpaired) electrons. The van der Waals surface area contributed by atoms with Gasteiger partial charge in [0.1, 0.15) is 6.04 Å². The lowest BCUT2D eigenvalue weighted by Crippen LogP contribution is -2.46. The monoisotopic (exact) mass is 395 g/mol. The second-order valence-electron chi connectivity index (χ2n) is 5.18. The van der Waals surface area contributed by atoms with Crippen molar-refractivity contribution >= 4 is 44.3 Å². The van der Waals surface area contributed by atoms with Crippen LogP contribution in [0.15, 0.2) is 64.5 Å². The lowest BCUT2D eigenvalue weighted by Gasteiger charge is -2.10. The smallest absolute Gasteiger partial charge is 0.260 e. The van der Waals surface area contributed by atoms with Gasteiger partial charge < -0.3 is 0 Å². The maximum atomic E-state index is 12.2. The number of carbonyl (C=O) groups is 1. The SMILES string of the molecule is O=C(NNS(=O)(=O)c1ccc(Cl)cc1)[C@@H]1CSC(c2ccccc2)=N1. The number of benzene rings is 2. The number of carbonyl (C=O) groups excluding carboxylic acids is 1. The second-order valence-corrected chi connectivity index (χ2v) is 8.30. The molecular formula is C16H14ClN3O3S2. The number of hydrogen-bond donors (Lipinski definition) is 2. The third kappa shape index (κ3) is 4.40. The molecule has 2 aromatic carbocycles. The number of amides is 1. The van der Waals surface area contributed by atoms with Crippen LogP contribution in [0.3, 0.4) is 0 Å². The highest BCUT2D eigenvalue weighted by Gasteiger charge is 2.26. The number of halogens is 1. The Balaban J connectivity index is 1.63. The van der Waals surface area contributed by atoms with E-state index in [2.05, 4.69) is 15.2 Å². The highest BCUT2D eigenvalue weighted by molar-refractivity contribution is 8.14. The quantitative estimate of drug-likeness (QED) is 0.760. The molecular weight excluding hydrogens is 382 g/mol. The summed E-state index contributed by atoms with van der Waals surface area (Å²) in [6, 6.07) is 14.5. The molecule has 0 saturated carbocycles. The summed E-state index contributed by atoms with van der Waals surface area (Å²) >= 11 is 7.20. The van der Waals surface area contributed by atoms with Gasteiger partial charge in [-0.05, 0) is 24.3 Å². The molecule has 1 heterocycles. The minimum absolute atomic E-state index is 0.00599. The van der Waals surface area contributed by atoms with E-state index in [1.54, 1.807) is 0 Å². The fourth-order valence-electron chi connectivity index (χ4n) is 2.12. The maximum absolute atomic E-state index is 12.2. The molecule has 130 valence electrons. The first kappa shape index (κ1) is 17.9. The molecule has 1 aliphatic heterocycles. The first-order valence-electron chi connectivity index (χ1n) is 7.29. The number of sulfonamides is 1. The van der Waals surface area contributed by atoms with Crippen LogP contribution in [0.25, 0.3) is 0 Å². The van der Waals surface area contributed by atoms with Gasteiger partial charge in [-0.2, -0.15) is 0 Å². The maximum Gasteiger partial charge on any atom is 0.260 e. The summed E-state index contributed by atoms with van der Waals surface area (Å²) < 4.78 is 24.3. The van der Waals surface area contributed by atoms with Gasteiger partial charge in [-0.1, -0.05) is 41.9 Å². The summed E-state index contributed by atoms with van der Waals surface area (Å²) in [5.74, 6) is -0.0467.